The predicted octanol–water partition coefficient (Wildman–Crippen LogP) is 6.78. The average Bonchev–Trinajstić information content (AvgIpc) is 3.52. The lowest BCUT2D eigenvalue weighted by Crippen LogP contribution is -2.05. The number of aryl methyl sites for hydroxylation is 2. The van der Waals surface area contributed by atoms with Crippen molar-refractivity contribution in [1.82, 2.24) is 4.98 Å². The topological polar surface area (TPSA) is 48.4 Å². The Balaban J connectivity index is 0.00000141. The van der Waals surface area contributed by atoms with E-state index >= 15 is 0 Å². The van der Waals surface area contributed by atoms with E-state index in [1.807, 2.05) is 26.8 Å². The zero-order chi connectivity index (χ0) is 24.9. The third kappa shape index (κ3) is 6.13. The maximum absolute atomic E-state index is 11.2. The van der Waals surface area contributed by atoms with Crippen molar-refractivity contribution < 1.29 is 13.7 Å². The van der Waals surface area contributed by atoms with Gasteiger partial charge in [0.15, 0.2) is 0 Å². The Hall–Kier alpha value is -2.66. The number of rotatable bonds is 9. The summed E-state index contributed by atoms with van der Waals surface area (Å²) in [5.74, 6) is 3.96. The molecule has 186 valence electrons. The Labute approximate surface area is 212 Å². The van der Waals surface area contributed by atoms with Crippen LogP contribution in [0.2, 0.25) is 0 Å². The number of nitrogens with zero attached hydrogens (tertiary/aromatic N) is 1. The second-order valence-corrected chi connectivity index (χ2v) is 10.9. The van der Waals surface area contributed by atoms with E-state index in [2.05, 4.69) is 54.4 Å². The molecular formula is C30H37NO3S. The molecule has 5 heteroatoms. The van der Waals surface area contributed by atoms with E-state index in [4.69, 9.17) is 9.47 Å². The molecule has 35 heavy (non-hydrogen) atoms. The summed E-state index contributed by atoms with van der Waals surface area (Å²) >= 11 is 0. The first kappa shape index (κ1) is 25.4. The van der Waals surface area contributed by atoms with Gasteiger partial charge in [0.1, 0.15) is 12.4 Å². The average molecular weight is 492 g/mol. The number of hydrogen-bond donors (Lipinski definition) is 0. The Morgan fingerprint density at radius 3 is 2.66 bits per heavy atom. The fourth-order valence-corrected chi connectivity index (χ4v) is 5.60. The molecule has 3 aromatic rings. The van der Waals surface area contributed by atoms with Crippen LogP contribution in [0.4, 0.5) is 0 Å². The maximum Gasteiger partial charge on any atom is 0.213 e. The lowest BCUT2D eigenvalue weighted by molar-refractivity contribution is 0.305. The van der Waals surface area contributed by atoms with Crippen molar-refractivity contribution in [2.24, 2.45) is 5.92 Å². The molecule has 1 saturated carbocycles. The summed E-state index contributed by atoms with van der Waals surface area (Å²) in [6.07, 6.45) is 5.07. The number of hydrogen-bond acceptors (Lipinski definition) is 4. The molecule has 0 spiro atoms. The van der Waals surface area contributed by atoms with E-state index < -0.39 is 10.8 Å². The molecule has 2 aliphatic carbocycles. The summed E-state index contributed by atoms with van der Waals surface area (Å²) in [5, 5.41) is 0. The van der Waals surface area contributed by atoms with E-state index in [1.54, 1.807) is 11.8 Å². The molecule has 3 unspecified atom stereocenters. The molecule has 1 heterocycles. The first-order valence-electron chi connectivity index (χ1n) is 12.7. The molecular weight excluding hydrogens is 454 g/mol. The van der Waals surface area contributed by atoms with Gasteiger partial charge >= 0.3 is 0 Å². The molecule has 3 atom stereocenters. The maximum atomic E-state index is 11.2. The van der Waals surface area contributed by atoms with E-state index in [9.17, 15) is 4.21 Å². The normalized spacial score (nSPS) is 18.1. The largest absolute Gasteiger partial charge is 0.489 e. The van der Waals surface area contributed by atoms with Crippen LogP contribution in [0.1, 0.15) is 60.6 Å². The highest BCUT2D eigenvalue weighted by molar-refractivity contribution is 7.84. The monoisotopic (exact) mass is 491 g/mol. The third-order valence-corrected chi connectivity index (χ3v) is 7.60. The van der Waals surface area contributed by atoms with E-state index in [-0.39, 0.29) is 0 Å². The zero-order valence-corrected chi connectivity index (χ0v) is 22.4. The Kier molecular flexibility index (Phi) is 8.27. The molecule has 2 aromatic carbocycles. The van der Waals surface area contributed by atoms with Gasteiger partial charge in [0.25, 0.3) is 0 Å². The number of pyridine rings is 1. The molecule has 1 fully saturated rings. The van der Waals surface area contributed by atoms with Crippen LogP contribution in [0.15, 0.2) is 48.5 Å². The summed E-state index contributed by atoms with van der Waals surface area (Å²) in [6.45, 7) is 9.19. The minimum atomic E-state index is -0.788. The van der Waals surface area contributed by atoms with Crippen molar-refractivity contribution in [1.29, 1.82) is 0 Å². The van der Waals surface area contributed by atoms with Crippen LogP contribution in [0.25, 0.3) is 11.1 Å². The van der Waals surface area contributed by atoms with Gasteiger partial charge in [0.2, 0.25) is 5.88 Å². The zero-order valence-electron chi connectivity index (χ0n) is 21.6. The van der Waals surface area contributed by atoms with Gasteiger partial charge in [-0.1, -0.05) is 38.1 Å². The van der Waals surface area contributed by atoms with Crippen LogP contribution in [0.3, 0.4) is 0 Å². The van der Waals surface area contributed by atoms with Crippen molar-refractivity contribution in [2.75, 3.05) is 18.6 Å². The highest BCUT2D eigenvalue weighted by Gasteiger charge is 2.44. The molecule has 0 radical (unpaired) electrons. The minimum absolute atomic E-state index is 0.529. The summed E-state index contributed by atoms with van der Waals surface area (Å²) in [4.78, 5) is 4.66. The van der Waals surface area contributed by atoms with Crippen molar-refractivity contribution in [3.63, 3.8) is 0 Å². The van der Waals surface area contributed by atoms with Crippen molar-refractivity contribution in [3.05, 3.63) is 76.5 Å². The molecule has 5 rings (SSSR count). The van der Waals surface area contributed by atoms with Crippen molar-refractivity contribution in [2.45, 2.75) is 59.5 Å². The number of ether oxygens (including phenoxy) is 2. The smallest absolute Gasteiger partial charge is 0.213 e. The fourth-order valence-electron chi connectivity index (χ4n) is 5.08. The van der Waals surface area contributed by atoms with Crippen LogP contribution in [0, 0.1) is 19.8 Å². The van der Waals surface area contributed by atoms with E-state index in [1.165, 1.54) is 18.4 Å². The molecule has 0 amide bonds. The molecule has 0 bridgehead atoms. The second-order valence-electron chi connectivity index (χ2n) is 9.37. The highest BCUT2D eigenvalue weighted by Crippen LogP contribution is 2.56. The first-order chi connectivity index (χ1) is 17.0. The van der Waals surface area contributed by atoms with E-state index in [0.717, 1.165) is 52.0 Å². The summed E-state index contributed by atoms with van der Waals surface area (Å²) in [7, 11) is -0.788. The van der Waals surface area contributed by atoms with Crippen LogP contribution in [-0.4, -0.2) is 27.8 Å². The molecule has 4 nitrogen and oxygen atoms in total. The van der Waals surface area contributed by atoms with Gasteiger partial charge in [-0.25, -0.2) is 4.98 Å². The van der Waals surface area contributed by atoms with E-state index in [0.29, 0.717) is 24.8 Å². The summed E-state index contributed by atoms with van der Waals surface area (Å²) in [6, 6.07) is 17.1. The SMILES string of the molecule is CC.Cc1cc(OCCCS(C)=O)nc(C)c1-c1cccc(COc2ccc3c(c2)CC2CC32)c1. The molecule has 1 aromatic heterocycles. The standard InChI is InChI=1S/C28H31NO3S.C2H6/c1-18-12-27(31-10-5-11-33(3)30)29-19(2)28(18)21-7-4-6-20(13-21)17-32-24-8-9-25-22(15-24)14-23-16-26(23)25;1-2/h4,6-9,12-13,15,23,26H,5,10-11,14,16-17H2,1-3H3;1-2H3. The fraction of sp³-hybridized carbons (Fsp3) is 0.433. The quantitative estimate of drug-likeness (QED) is 0.310. The van der Waals surface area contributed by atoms with Crippen LogP contribution in [-0.2, 0) is 23.8 Å². The number of aromatic nitrogens is 1. The number of fused-ring (bicyclic) bond motifs is 3. The highest BCUT2D eigenvalue weighted by atomic mass is 32.2. The molecule has 0 N–H and O–H groups in total. The summed E-state index contributed by atoms with van der Waals surface area (Å²) in [5.41, 5.74) is 8.51. The molecule has 2 aliphatic rings. The lowest BCUT2D eigenvalue weighted by atomic mass is 9.98. The second kappa shape index (κ2) is 11.4. The molecule has 0 aliphatic heterocycles. The molecule has 0 saturated heterocycles. The lowest BCUT2D eigenvalue weighted by Gasteiger charge is -2.14. The Bertz CT molecular complexity index is 1180. The van der Waals surface area contributed by atoms with Crippen molar-refractivity contribution >= 4 is 10.8 Å². The Morgan fingerprint density at radius 1 is 1.06 bits per heavy atom. The predicted molar refractivity (Wildman–Crippen MR) is 145 cm³/mol. The van der Waals surface area contributed by atoms with Gasteiger partial charge in [-0.3, -0.25) is 4.21 Å². The van der Waals surface area contributed by atoms with Gasteiger partial charge < -0.3 is 9.47 Å². The van der Waals surface area contributed by atoms with Gasteiger partial charge in [-0.2, -0.15) is 0 Å². The van der Waals surface area contributed by atoms with Crippen molar-refractivity contribution in [3.8, 4) is 22.8 Å². The van der Waals surface area contributed by atoms with Gasteiger partial charge in [0, 0.05) is 40.1 Å². The van der Waals surface area contributed by atoms with Crippen LogP contribution < -0.4 is 9.47 Å². The van der Waals surface area contributed by atoms with Gasteiger partial charge in [0.05, 0.1) is 6.61 Å². The van der Waals surface area contributed by atoms with Gasteiger partial charge in [-0.05, 0) is 91.0 Å². The minimum Gasteiger partial charge on any atom is -0.489 e. The van der Waals surface area contributed by atoms with Crippen LogP contribution >= 0.6 is 0 Å². The first-order valence-corrected chi connectivity index (χ1v) is 14.5. The Morgan fingerprint density at radius 2 is 1.89 bits per heavy atom. The summed E-state index contributed by atoms with van der Waals surface area (Å²) < 4.78 is 23.2. The van der Waals surface area contributed by atoms with Crippen LogP contribution in [0.5, 0.6) is 11.6 Å². The van der Waals surface area contributed by atoms with Gasteiger partial charge in [-0.15, -0.1) is 0 Å². The number of benzene rings is 2. The third-order valence-electron chi connectivity index (χ3n) is 6.74.